The van der Waals surface area contributed by atoms with Crippen LogP contribution in [0.5, 0.6) is 0 Å². The summed E-state index contributed by atoms with van der Waals surface area (Å²) in [5.74, 6) is 0.788. The van der Waals surface area contributed by atoms with E-state index in [4.69, 9.17) is 10.5 Å². The Labute approximate surface area is 119 Å². The van der Waals surface area contributed by atoms with Crippen LogP contribution in [-0.4, -0.2) is 17.1 Å². The third-order valence-electron chi connectivity index (χ3n) is 5.99. The van der Waals surface area contributed by atoms with Gasteiger partial charge in [0.2, 0.25) is 0 Å². The van der Waals surface area contributed by atoms with E-state index < -0.39 is 0 Å². The van der Waals surface area contributed by atoms with Crippen molar-refractivity contribution in [3.63, 3.8) is 0 Å². The van der Waals surface area contributed by atoms with Crippen molar-refractivity contribution in [2.45, 2.75) is 46.1 Å². The van der Waals surface area contributed by atoms with Crippen LogP contribution in [0.4, 0.5) is 5.82 Å². The number of hydrogen-bond donors (Lipinski definition) is 1. The van der Waals surface area contributed by atoms with Gasteiger partial charge in [-0.2, -0.15) is 0 Å². The van der Waals surface area contributed by atoms with Crippen LogP contribution in [0.3, 0.4) is 0 Å². The average molecular weight is 274 g/mol. The highest BCUT2D eigenvalue weighted by molar-refractivity contribution is 5.89. The van der Waals surface area contributed by atoms with Crippen LogP contribution in [0.1, 0.15) is 50.4 Å². The van der Waals surface area contributed by atoms with Crippen LogP contribution >= 0.6 is 0 Å². The van der Waals surface area contributed by atoms with Crippen LogP contribution in [0.2, 0.25) is 0 Å². The standard InChI is InChI=1S/C16H22N2O2/c1-15(2)11-6-7-16(15,3)12(8-11)20-14(19)10-4-5-13(17)18-9-10/h4-5,9,11-12H,6-8H2,1-3H3,(H2,17,18). The highest BCUT2D eigenvalue weighted by Crippen LogP contribution is 2.66. The average Bonchev–Trinajstić information content (AvgIpc) is 2.72. The summed E-state index contributed by atoms with van der Waals surface area (Å²) in [5, 5.41) is 0. The fourth-order valence-electron chi connectivity index (χ4n) is 4.03. The normalized spacial score (nSPS) is 34.1. The summed E-state index contributed by atoms with van der Waals surface area (Å²) in [6.07, 6.45) is 4.88. The lowest BCUT2D eigenvalue weighted by atomic mass is 9.70. The number of nitrogens with zero attached hydrogens (tertiary/aromatic N) is 1. The first-order valence-corrected chi connectivity index (χ1v) is 7.27. The number of ether oxygens (including phenoxy) is 1. The van der Waals surface area contributed by atoms with E-state index in [9.17, 15) is 4.79 Å². The van der Waals surface area contributed by atoms with Gasteiger partial charge in [0.05, 0.1) is 5.56 Å². The molecule has 0 amide bonds. The number of anilines is 1. The molecule has 3 rings (SSSR count). The molecule has 2 fully saturated rings. The summed E-state index contributed by atoms with van der Waals surface area (Å²) in [4.78, 5) is 16.2. The third kappa shape index (κ3) is 1.74. The topological polar surface area (TPSA) is 65.2 Å². The molecular formula is C16H22N2O2. The monoisotopic (exact) mass is 274 g/mol. The lowest BCUT2D eigenvalue weighted by molar-refractivity contribution is -0.0242. The molecule has 0 saturated heterocycles. The minimum atomic E-state index is -0.285. The highest BCUT2D eigenvalue weighted by Gasteiger charge is 2.62. The maximum atomic E-state index is 12.2. The van der Waals surface area contributed by atoms with Crippen molar-refractivity contribution in [2.75, 3.05) is 5.73 Å². The summed E-state index contributed by atoms with van der Waals surface area (Å²) in [5.41, 5.74) is 6.35. The van der Waals surface area contributed by atoms with Gasteiger partial charge in [-0.1, -0.05) is 20.8 Å². The van der Waals surface area contributed by atoms with Crippen LogP contribution in [0.15, 0.2) is 18.3 Å². The van der Waals surface area contributed by atoms with Gasteiger partial charge in [0, 0.05) is 11.6 Å². The highest BCUT2D eigenvalue weighted by atomic mass is 16.5. The van der Waals surface area contributed by atoms with E-state index in [1.165, 1.54) is 12.6 Å². The number of aromatic nitrogens is 1. The van der Waals surface area contributed by atoms with E-state index in [1.807, 2.05) is 0 Å². The number of carbonyl (C=O) groups excluding carboxylic acids is 1. The summed E-state index contributed by atoms with van der Waals surface area (Å²) < 4.78 is 5.79. The molecule has 3 unspecified atom stereocenters. The van der Waals surface area contributed by atoms with E-state index in [-0.39, 0.29) is 22.9 Å². The first-order chi connectivity index (χ1) is 9.34. The minimum absolute atomic E-state index is 0.0151. The Bertz CT molecular complexity index is 538. The number of nitrogen functional groups attached to an aromatic ring is 1. The summed E-state index contributed by atoms with van der Waals surface area (Å²) in [7, 11) is 0. The molecule has 4 heteroatoms. The Morgan fingerprint density at radius 2 is 2.15 bits per heavy atom. The van der Waals surface area contributed by atoms with Gasteiger partial charge in [0.1, 0.15) is 11.9 Å². The Kier molecular flexibility index (Phi) is 2.82. The second-order valence-electron chi connectivity index (χ2n) is 6.98. The fourth-order valence-corrected chi connectivity index (χ4v) is 4.03. The van der Waals surface area contributed by atoms with E-state index in [1.54, 1.807) is 12.1 Å². The number of pyridine rings is 1. The molecule has 0 radical (unpaired) electrons. The lowest BCUT2D eigenvalue weighted by Crippen LogP contribution is -2.38. The molecule has 0 aliphatic heterocycles. The Balaban J connectivity index is 1.76. The molecule has 2 N–H and O–H groups in total. The Morgan fingerprint density at radius 1 is 1.40 bits per heavy atom. The maximum Gasteiger partial charge on any atom is 0.339 e. The lowest BCUT2D eigenvalue weighted by Gasteiger charge is -2.38. The molecule has 2 aliphatic carbocycles. The number of hydrogen-bond acceptors (Lipinski definition) is 4. The van der Waals surface area contributed by atoms with E-state index >= 15 is 0 Å². The van der Waals surface area contributed by atoms with Crippen molar-refractivity contribution in [1.82, 2.24) is 4.98 Å². The molecule has 1 aromatic rings. The van der Waals surface area contributed by atoms with Gasteiger partial charge in [0.15, 0.2) is 0 Å². The van der Waals surface area contributed by atoms with Crippen LogP contribution in [0, 0.1) is 16.7 Å². The molecule has 108 valence electrons. The quantitative estimate of drug-likeness (QED) is 0.842. The van der Waals surface area contributed by atoms with Crippen molar-refractivity contribution in [2.24, 2.45) is 16.7 Å². The molecular weight excluding hydrogens is 252 g/mol. The zero-order valence-corrected chi connectivity index (χ0v) is 12.3. The van der Waals surface area contributed by atoms with Crippen LogP contribution in [-0.2, 0) is 4.74 Å². The predicted molar refractivity (Wildman–Crippen MR) is 77.1 cm³/mol. The number of nitrogens with two attached hydrogens (primary N) is 1. The first kappa shape index (κ1) is 13.4. The van der Waals surface area contributed by atoms with Gasteiger partial charge >= 0.3 is 5.97 Å². The number of esters is 1. The predicted octanol–water partition coefficient (Wildman–Crippen LogP) is 3.04. The molecule has 2 bridgehead atoms. The van der Waals surface area contributed by atoms with Crippen molar-refractivity contribution in [3.05, 3.63) is 23.9 Å². The molecule has 1 aromatic heterocycles. The van der Waals surface area contributed by atoms with Gasteiger partial charge in [-0.05, 0) is 42.7 Å². The summed E-state index contributed by atoms with van der Waals surface area (Å²) in [6.45, 7) is 6.88. The molecule has 2 aliphatic rings. The SMILES string of the molecule is CC1(C)C2CCC1(C)C(OC(=O)c1ccc(N)nc1)C2. The fraction of sp³-hybridized carbons (Fsp3) is 0.625. The molecule has 3 atom stereocenters. The zero-order valence-electron chi connectivity index (χ0n) is 12.3. The van der Waals surface area contributed by atoms with Gasteiger partial charge in [0.25, 0.3) is 0 Å². The zero-order chi connectivity index (χ0) is 14.5. The van der Waals surface area contributed by atoms with Crippen molar-refractivity contribution in [3.8, 4) is 0 Å². The van der Waals surface area contributed by atoms with Crippen molar-refractivity contribution < 1.29 is 9.53 Å². The smallest absolute Gasteiger partial charge is 0.339 e. The van der Waals surface area contributed by atoms with Gasteiger partial charge in [-0.25, -0.2) is 9.78 Å². The second-order valence-corrected chi connectivity index (χ2v) is 6.98. The minimum Gasteiger partial charge on any atom is -0.458 e. The molecule has 2 saturated carbocycles. The van der Waals surface area contributed by atoms with E-state index in [2.05, 4.69) is 25.8 Å². The third-order valence-corrected chi connectivity index (χ3v) is 5.99. The largest absolute Gasteiger partial charge is 0.458 e. The molecule has 4 nitrogen and oxygen atoms in total. The maximum absolute atomic E-state index is 12.2. The second kappa shape index (κ2) is 4.21. The Morgan fingerprint density at radius 3 is 2.65 bits per heavy atom. The van der Waals surface area contributed by atoms with Crippen LogP contribution in [0.25, 0.3) is 0 Å². The first-order valence-electron chi connectivity index (χ1n) is 7.27. The van der Waals surface area contributed by atoms with E-state index in [0.29, 0.717) is 17.3 Å². The molecule has 20 heavy (non-hydrogen) atoms. The van der Waals surface area contributed by atoms with Crippen molar-refractivity contribution in [1.29, 1.82) is 0 Å². The molecule has 0 spiro atoms. The molecule has 1 heterocycles. The number of fused-ring (bicyclic) bond motifs is 2. The van der Waals surface area contributed by atoms with Crippen LogP contribution < -0.4 is 5.73 Å². The summed E-state index contributed by atoms with van der Waals surface area (Å²) >= 11 is 0. The van der Waals surface area contributed by atoms with Gasteiger partial charge in [-0.15, -0.1) is 0 Å². The Hall–Kier alpha value is -1.58. The van der Waals surface area contributed by atoms with E-state index in [0.717, 1.165) is 12.8 Å². The number of rotatable bonds is 2. The van der Waals surface area contributed by atoms with Crippen molar-refractivity contribution >= 4 is 11.8 Å². The number of carbonyl (C=O) groups is 1. The molecule has 0 aromatic carbocycles. The van der Waals surface area contributed by atoms with Gasteiger partial charge < -0.3 is 10.5 Å². The van der Waals surface area contributed by atoms with Gasteiger partial charge in [-0.3, -0.25) is 0 Å². The summed E-state index contributed by atoms with van der Waals surface area (Å²) in [6, 6.07) is 3.30.